The van der Waals surface area contributed by atoms with Crippen molar-refractivity contribution in [1.29, 1.82) is 0 Å². The Morgan fingerprint density at radius 2 is 1.81 bits per heavy atom. The van der Waals surface area contributed by atoms with Gasteiger partial charge >= 0.3 is 0 Å². The third-order valence-corrected chi connectivity index (χ3v) is 6.14. The van der Waals surface area contributed by atoms with Crippen LogP contribution in [0.25, 0.3) is 6.08 Å². The molecule has 0 aliphatic heterocycles. The first-order chi connectivity index (χ1) is 12.9. The molecule has 1 saturated carbocycles. The van der Waals surface area contributed by atoms with Crippen molar-refractivity contribution in [2.75, 3.05) is 20.6 Å². The van der Waals surface area contributed by atoms with Gasteiger partial charge in [-0.1, -0.05) is 67.1 Å². The third-order valence-electron chi connectivity index (χ3n) is 5.89. The van der Waals surface area contributed by atoms with Gasteiger partial charge in [-0.25, -0.2) is 0 Å². The van der Waals surface area contributed by atoms with Crippen molar-refractivity contribution in [1.82, 2.24) is 4.90 Å². The zero-order chi connectivity index (χ0) is 19.4. The van der Waals surface area contributed by atoms with Crippen molar-refractivity contribution in [3.8, 4) is 0 Å². The zero-order valence-electron chi connectivity index (χ0n) is 16.5. The van der Waals surface area contributed by atoms with E-state index in [9.17, 15) is 5.11 Å². The average molecular weight is 384 g/mol. The molecule has 2 aromatic carbocycles. The first kappa shape index (κ1) is 20.1. The van der Waals surface area contributed by atoms with Gasteiger partial charge in [-0.3, -0.25) is 0 Å². The minimum absolute atomic E-state index is 0.0301. The van der Waals surface area contributed by atoms with Crippen LogP contribution < -0.4 is 0 Å². The molecular formula is C24H30ClNO. The molecule has 0 aromatic heterocycles. The van der Waals surface area contributed by atoms with Gasteiger partial charge in [0.15, 0.2) is 0 Å². The van der Waals surface area contributed by atoms with Gasteiger partial charge in [0.2, 0.25) is 0 Å². The Kier molecular flexibility index (Phi) is 6.41. The molecule has 1 aliphatic carbocycles. The second-order valence-corrected chi connectivity index (χ2v) is 8.47. The molecule has 144 valence electrons. The van der Waals surface area contributed by atoms with Crippen molar-refractivity contribution in [2.45, 2.75) is 37.7 Å². The normalized spacial score (nSPS) is 25.7. The fourth-order valence-electron chi connectivity index (χ4n) is 4.47. The summed E-state index contributed by atoms with van der Waals surface area (Å²) in [5.41, 5.74) is 2.56. The predicted octanol–water partition coefficient (Wildman–Crippen LogP) is 5.62. The molecule has 0 spiro atoms. The highest BCUT2D eigenvalue weighted by Gasteiger charge is 2.47. The first-order valence-electron chi connectivity index (χ1n) is 9.80. The number of hydrogen-bond donors (Lipinski definition) is 1. The molecule has 3 atom stereocenters. The van der Waals surface area contributed by atoms with Crippen LogP contribution in [0.1, 0.15) is 43.2 Å². The van der Waals surface area contributed by atoms with E-state index in [4.69, 9.17) is 11.6 Å². The lowest BCUT2D eigenvalue weighted by molar-refractivity contribution is -0.0311. The minimum Gasteiger partial charge on any atom is -0.385 e. The SMILES string of the molecule is CC(c1ccccc1)C1(O)/C(=C\c2ccc(Cl)cc2)CCCC1CN(C)C. The molecule has 2 nitrogen and oxygen atoms in total. The molecule has 1 fully saturated rings. The van der Waals surface area contributed by atoms with E-state index in [2.05, 4.69) is 56.3 Å². The highest BCUT2D eigenvalue weighted by Crippen LogP contribution is 2.47. The van der Waals surface area contributed by atoms with E-state index in [1.165, 1.54) is 5.56 Å². The molecule has 3 unspecified atom stereocenters. The van der Waals surface area contributed by atoms with Crippen LogP contribution in [0.4, 0.5) is 0 Å². The van der Waals surface area contributed by atoms with Gasteiger partial charge in [-0.15, -0.1) is 0 Å². The Hall–Kier alpha value is -1.61. The summed E-state index contributed by atoms with van der Waals surface area (Å²) >= 11 is 6.05. The topological polar surface area (TPSA) is 23.5 Å². The fraction of sp³-hybridized carbons (Fsp3) is 0.417. The highest BCUT2D eigenvalue weighted by atomic mass is 35.5. The maximum absolute atomic E-state index is 12.2. The van der Waals surface area contributed by atoms with Gasteiger partial charge < -0.3 is 10.0 Å². The summed E-state index contributed by atoms with van der Waals surface area (Å²) in [6.07, 6.45) is 5.27. The Labute approximate surface area is 168 Å². The number of rotatable bonds is 5. The number of benzene rings is 2. The molecular weight excluding hydrogens is 354 g/mol. The van der Waals surface area contributed by atoms with E-state index >= 15 is 0 Å². The molecule has 2 aromatic rings. The van der Waals surface area contributed by atoms with E-state index < -0.39 is 5.60 Å². The van der Waals surface area contributed by atoms with Crippen LogP contribution in [0.3, 0.4) is 0 Å². The number of halogens is 1. The summed E-state index contributed by atoms with van der Waals surface area (Å²) in [5.74, 6) is 0.234. The Morgan fingerprint density at radius 3 is 2.44 bits per heavy atom. The largest absolute Gasteiger partial charge is 0.385 e. The lowest BCUT2D eigenvalue weighted by Crippen LogP contribution is -2.50. The molecule has 27 heavy (non-hydrogen) atoms. The smallest absolute Gasteiger partial charge is 0.0965 e. The lowest BCUT2D eigenvalue weighted by atomic mass is 9.64. The molecule has 0 saturated heterocycles. The standard InChI is InChI=1S/C24H30ClNO/c1-18(20-8-5-4-6-9-20)24(27)21(10-7-11-22(24)17-26(2)3)16-19-12-14-23(25)15-13-19/h4-6,8-9,12-16,18,22,27H,7,10-11,17H2,1-3H3/b21-16-. The van der Waals surface area contributed by atoms with E-state index in [-0.39, 0.29) is 11.8 Å². The Balaban J connectivity index is 2.05. The first-order valence-corrected chi connectivity index (χ1v) is 10.2. The van der Waals surface area contributed by atoms with E-state index in [0.29, 0.717) is 0 Å². The fourth-order valence-corrected chi connectivity index (χ4v) is 4.59. The van der Waals surface area contributed by atoms with Gasteiger partial charge in [0.25, 0.3) is 0 Å². The molecule has 0 bridgehead atoms. The molecule has 0 heterocycles. The van der Waals surface area contributed by atoms with Crippen molar-refractivity contribution >= 4 is 17.7 Å². The summed E-state index contributed by atoms with van der Waals surface area (Å²) < 4.78 is 0. The summed E-state index contributed by atoms with van der Waals surface area (Å²) in [6, 6.07) is 18.3. The van der Waals surface area contributed by atoms with Crippen LogP contribution in [-0.4, -0.2) is 36.2 Å². The molecule has 3 rings (SSSR count). The third kappa shape index (κ3) is 4.45. The Bertz CT molecular complexity index is 769. The molecule has 0 amide bonds. The van der Waals surface area contributed by atoms with Crippen LogP contribution in [0.15, 0.2) is 60.2 Å². The van der Waals surface area contributed by atoms with E-state index in [1.807, 2.05) is 30.3 Å². The van der Waals surface area contributed by atoms with Crippen LogP contribution >= 0.6 is 11.6 Å². The van der Waals surface area contributed by atoms with E-state index in [1.54, 1.807) is 0 Å². The highest BCUT2D eigenvalue weighted by molar-refractivity contribution is 6.30. The predicted molar refractivity (Wildman–Crippen MR) is 115 cm³/mol. The molecule has 3 heteroatoms. The quantitative estimate of drug-likeness (QED) is 0.724. The van der Waals surface area contributed by atoms with Crippen LogP contribution in [-0.2, 0) is 0 Å². The van der Waals surface area contributed by atoms with Crippen LogP contribution in [0.5, 0.6) is 0 Å². The summed E-state index contributed by atoms with van der Waals surface area (Å²) in [4.78, 5) is 2.19. The second-order valence-electron chi connectivity index (χ2n) is 8.03. The molecule has 1 N–H and O–H groups in total. The van der Waals surface area contributed by atoms with Crippen molar-refractivity contribution in [3.05, 3.63) is 76.3 Å². The van der Waals surface area contributed by atoms with Gasteiger partial charge in [-0.2, -0.15) is 0 Å². The van der Waals surface area contributed by atoms with Crippen molar-refractivity contribution in [3.63, 3.8) is 0 Å². The van der Waals surface area contributed by atoms with Gasteiger partial charge in [0, 0.05) is 23.4 Å². The van der Waals surface area contributed by atoms with Crippen molar-refractivity contribution in [2.24, 2.45) is 5.92 Å². The maximum atomic E-state index is 12.2. The summed E-state index contributed by atoms with van der Waals surface area (Å²) in [6.45, 7) is 3.05. The Morgan fingerprint density at radius 1 is 1.15 bits per heavy atom. The number of hydrogen-bond acceptors (Lipinski definition) is 2. The van der Waals surface area contributed by atoms with Gasteiger partial charge in [0.1, 0.15) is 0 Å². The van der Waals surface area contributed by atoms with Crippen LogP contribution in [0, 0.1) is 5.92 Å². The monoisotopic (exact) mass is 383 g/mol. The maximum Gasteiger partial charge on any atom is 0.0965 e. The average Bonchev–Trinajstić information content (AvgIpc) is 2.66. The number of aliphatic hydroxyl groups is 1. The molecule has 0 radical (unpaired) electrons. The minimum atomic E-state index is -0.858. The summed E-state index contributed by atoms with van der Waals surface area (Å²) in [7, 11) is 4.18. The lowest BCUT2D eigenvalue weighted by Gasteiger charge is -2.47. The second kappa shape index (κ2) is 8.60. The van der Waals surface area contributed by atoms with Crippen molar-refractivity contribution < 1.29 is 5.11 Å². The zero-order valence-corrected chi connectivity index (χ0v) is 17.3. The summed E-state index contributed by atoms with van der Waals surface area (Å²) in [5, 5.41) is 12.9. The van der Waals surface area contributed by atoms with Gasteiger partial charge in [-0.05, 0) is 62.2 Å². The van der Waals surface area contributed by atoms with Crippen LogP contribution in [0.2, 0.25) is 5.02 Å². The molecule has 1 aliphatic rings. The number of nitrogens with zero attached hydrogens (tertiary/aromatic N) is 1. The van der Waals surface area contributed by atoms with E-state index in [0.717, 1.165) is 42.0 Å². The van der Waals surface area contributed by atoms with Gasteiger partial charge in [0.05, 0.1) is 5.60 Å².